The van der Waals surface area contributed by atoms with Gasteiger partial charge in [0.2, 0.25) is 0 Å². The number of carbonyl (C=O) groups excluding carboxylic acids is 1. The second-order valence-electron chi connectivity index (χ2n) is 8.05. The van der Waals surface area contributed by atoms with E-state index in [1.54, 1.807) is 0 Å². The highest BCUT2D eigenvalue weighted by Crippen LogP contribution is 2.34. The van der Waals surface area contributed by atoms with Crippen LogP contribution in [-0.4, -0.2) is 73.4 Å². The predicted molar refractivity (Wildman–Crippen MR) is 126 cm³/mol. The van der Waals surface area contributed by atoms with E-state index in [1.165, 1.54) is 17.4 Å². The second-order valence-corrected chi connectivity index (χ2v) is 11.4. The van der Waals surface area contributed by atoms with Crippen molar-refractivity contribution in [3.63, 3.8) is 0 Å². The maximum atomic E-state index is 12.9. The Balaban J connectivity index is 1.17. The summed E-state index contributed by atoms with van der Waals surface area (Å²) >= 11 is 1.49. The predicted octanol–water partition coefficient (Wildman–Crippen LogP) is 2.33. The zero-order chi connectivity index (χ0) is 21.4. The first-order chi connectivity index (χ1) is 15.0. The standard InChI is InChI=1S/C22H24N4O3S2/c27-21(26-12-10-25(11-13-26)18-4-2-1-3-5-18)16-6-8-17(9-7-16)23-22-24-19-14-31(28,29)15-20(19)30-22/h1-9,19-20H,10-15H2,(H,23,24)/t19-,20-/m1/s1. The number of para-hydroxylation sites is 1. The third-order valence-electron chi connectivity index (χ3n) is 5.89. The normalized spacial score (nSPS) is 24.6. The number of amides is 1. The van der Waals surface area contributed by atoms with E-state index in [0.29, 0.717) is 18.7 Å². The molecule has 0 aromatic heterocycles. The van der Waals surface area contributed by atoms with Gasteiger partial charge in [-0.3, -0.25) is 9.79 Å². The lowest BCUT2D eigenvalue weighted by molar-refractivity contribution is 0.0747. The van der Waals surface area contributed by atoms with E-state index in [2.05, 4.69) is 27.3 Å². The maximum absolute atomic E-state index is 12.9. The van der Waals surface area contributed by atoms with E-state index in [-0.39, 0.29) is 28.7 Å². The fourth-order valence-corrected chi connectivity index (χ4v) is 7.90. The molecule has 31 heavy (non-hydrogen) atoms. The highest BCUT2D eigenvalue weighted by atomic mass is 32.2. The Bertz CT molecular complexity index is 1100. The Hall–Kier alpha value is -2.52. The van der Waals surface area contributed by atoms with Crippen LogP contribution in [0.3, 0.4) is 0 Å². The summed E-state index contributed by atoms with van der Waals surface area (Å²) in [5, 5.41) is 4.02. The number of nitrogens with one attached hydrogen (secondary N) is 1. The van der Waals surface area contributed by atoms with Crippen LogP contribution in [0.5, 0.6) is 0 Å². The van der Waals surface area contributed by atoms with Crippen molar-refractivity contribution in [2.75, 3.05) is 47.9 Å². The molecule has 3 heterocycles. The molecule has 0 unspecified atom stereocenters. The first kappa shape index (κ1) is 20.4. The lowest BCUT2D eigenvalue weighted by atomic mass is 10.1. The van der Waals surface area contributed by atoms with Gasteiger partial charge in [0, 0.05) is 48.4 Å². The number of aliphatic imine (C=N–C) groups is 1. The number of thioether (sulfide) groups is 1. The molecule has 2 atom stereocenters. The molecule has 7 nitrogen and oxygen atoms in total. The molecule has 2 aromatic carbocycles. The number of nitrogens with zero attached hydrogens (tertiary/aromatic N) is 3. The summed E-state index contributed by atoms with van der Waals surface area (Å²) in [6, 6.07) is 17.6. The minimum Gasteiger partial charge on any atom is -0.368 e. The van der Waals surface area contributed by atoms with Crippen LogP contribution in [0.15, 0.2) is 59.6 Å². The molecule has 0 radical (unpaired) electrons. The van der Waals surface area contributed by atoms with Crippen LogP contribution in [0.1, 0.15) is 10.4 Å². The maximum Gasteiger partial charge on any atom is 0.253 e. The highest BCUT2D eigenvalue weighted by Gasteiger charge is 2.42. The first-order valence-corrected chi connectivity index (χ1v) is 13.1. The quantitative estimate of drug-likeness (QED) is 0.764. The molecule has 0 saturated carbocycles. The molecule has 162 valence electrons. The van der Waals surface area contributed by atoms with Crippen LogP contribution in [0, 0.1) is 0 Å². The van der Waals surface area contributed by atoms with Gasteiger partial charge in [-0.05, 0) is 36.4 Å². The fraction of sp³-hybridized carbons (Fsp3) is 0.364. The molecular formula is C22H24N4O3S2. The summed E-state index contributed by atoms with van der Waals surface area (Å²) < 4.78 is 23.4. The van der Waals surface area contributed by atoms with Crippen molar-refractivity contribution in [1.29, 1.82) is 0 Å². The highest BCUT2D eigenvalue weighted by molar-refractivity contribution is 8.15. The van der Waals surface area contributed by atoms with Crippen molar-refractivity contribution in [3.8, 4) is 0 Å². The number of benzene rings is 2. The summed E-state index contributed by atoms with van der Waals surface area (Å²) in [5.41, 5.74) is 2.71. The van der Waals surface area contributed by atoms with Crippen LogP contribution < -0.4 is 10.2 Å². The molecule has 2 saturated heterocycles. The lowest BCUT2D eigenvalue weighted by Gasteiger charge is -2.36. The SMILES string of the molecule is O=C(c1ccc(NC2=N[C@@H]3CS(=O)(=O)C[C@H]3S2)cc1)N1CCN(c2ccccc2)CC1. The van der Waals surface area contributed by atoms with Gasteiger partial charge in [0.1, 0.15) is 0 Å². The van der Waals surface area contributed by atoms with Gasteiger partial charge in [-0.2, -0.15) is 0 Å². The van der Waals surface area contributed by atoms with Crippen LogP contribution in [0.4, 0.5) is 11.4 Å². The summed E-state index contributed by atoms with van der Waals surface area (Å²) in [4.78, 5) is 21.6. The largest absolute Gasteiger partial charge is 0.368 e. The smallest absolute Gasteiger partial charge is 0.253 e. The molecule has 3 aliphatic rings. The van der Waals surface area contributed by atoms with Gasteiger partial charge in [0.05, 0.1) is 17.5 Å². The van der Waals surface area contributed by atoms with Gasteiger partial charge >= 0.3 is 0 Å². The van der Waals surface area contributed by atoms with Crippen LogP contribution in [0.2, 0.25) is 0 Å². The number of anilines is 2. The van der Waals surface area contributed by atoms with Crippen molar-refractivity contribution in [2.45, 2.75) is 11.3 Å². The Kier molecular flexibility index (Phi) is 5.39. The van der Waals surface area contributed by atoms with Crippen molar-refractivity contribution >= 4 is 44.0 Å². The third-order valence-corrected chi connectivity index (χ3v) is 9.03. The van der Waals surface area contributed by atoms with Gasteiger partial charge < -0.3 is 15.1 Å². The van der Waals surface area contributed by atoms with E-state index in [9.17, 15) is 13.2 Å². The number of hydrogen-bond donors (Lipinski definition) is 1. The minimum atomic E-state index is -2.95. The zero-order valence-electron chi connectivity index (χ0n) is 17.0. The van der Waals surface area contributed by atoms with E-state index in [0.717, 1.165) is 23.9 Å². The number of hydrogen-bond acceptors (Lipinski definition) is 7. The van der Waals surface area contributed by atoms with Gasteiger partial charge in [-0.15, -0.1) is 0 Å². The van der Waals surface area contributed by atoms with Crippen molar-refractivity contribution in [2.24, 2.45) is 4.99 Å². The molecule has 3 aliphatic heterocycles. The molecule has 0 aliphatic carbocycles. The molecule has 1 amide bonds. The number of rotatable bonds is 3. The molecule has 2 fully saturated rings. The summed E-state index contributed by atoms with van der Waals surface area (Å²) in [5.74, 6) is 0.384. The number of amidine groups is 1. The molecule has 1 N–H and O–H groups in total. The average molecular weight is 457 g/mol. The molecule has 0 spiro atoms. The number of fused-ring (bicyclic) bond motifs is 1. The van der Waals surface area contributed by atoms with Gasteiger partial charge in [0.25, 0.3) is 5.91 Å². The van der Waals surface area contributed by atoms with Crippen LogP contribution >= 0.6 is 11.8 Å². The van der Waals surface area contributed by atoms with E-state index < -0.39 is 9.84 Å². The van der Waals surface area contributed by atoms with Crippen molar-refractivity contribution < 1.29 is 13.2 Å². The number of sulfone groups is 1. The monoisotopic (exact) mass is 456 g/mol. The molecule has 5 rings (SSSR count). The Morgan fingerprint density at radius 1 is 0.968 bits per heavy atom. The number of carbonyl (C=O) groups is 1. The molecular weight excluding hydrogens is 432 g/mol. The van der Waals surface area contributed by atoms with Gasteiger partial charge in [-0.1, -0.05) is 30.0 Å². The second kappa shape index (κ2) is 8.20. The van der Waals surface area contributed by atoms with Crippen molar-refractivity contribution in [1.82, 2.24) is 4.90 Å². The average Bonchev–Trinajstić information content (AvgIpc) is 3.27. The summed E-state index contributed by atoms with van der Waals surface area (Å²) in [7, 11) is -2.95. The first-order valence-electron chi connectivity index (χ1n) is 10.4. The van der Waals surface area contributed by atoms with Gasteiger partial charge in [0.15, 0.2) is 15.0 Å². The Morgan fingerprint density at radius 2 is 1.68 bits per heavy atom. The topological polar surface area (TPSA) is 82.1 Å². The minimum absolute atomic E-state index is 0.0166. The molecule has 2 aromatic rings. The van der Waals surface area contributed by atoms with E-state index >= 15 is 0 Å². The third kappa shape index (κ3) is 4.43. The molecule has 0 bridgehead atoms. The number of piperazine rings is 1. The zero-order valence-corrected chi connectivity index (χ0v) is 18.6. The Labute approximate surface area is 186 Å². The summed E-state index contributed by atoms with van der Waals surface area (Å²) in [6.45, 7) is 3.05. The van der Waals surface area contributed by atoms with E-state index in [1.807, 2.05) is 47.4 Å². The van der Waals surface area contributed by atoms with E-state index in [4.69, 9.17) is 0 Å². The lowest BCUT2D eigenvalue weighted by Crippen LogP contribution is -2.48. The van der Waals surface area contributed by atoms with Gasteiger partial charge in [-0.25, -0.2) is 8.42 Å². The Morgan fingerprint density at radius 3 is 2.35 bits per heavy atom. The fourth-order valence-electron chi connectivity index (χ4n) is 4.22. The van der Waals surface area contributed by atoms with Crippen LogP contribution in [0.25, 0.3) is 0 Å². The van der Waals surface area contributed by atoms with Crippen LogP contribution in [-0.2, 0) is 9.84 Å². The van der Waals surface area contributed by atoms with Crippen molar-refractivity contribution in [3.05, 3.63) is 60.2 Å². The summed E-state index contributed by atoms with van der Waals surface area (Å²) in [6.07, 6.45) is 0. The molecule has 9 heteroatoms.